The molecule has 2 aliphatic rings. The topological polar surface area (TPSA) is 200 Å². The fourth-order valence-corrected chi connectivity index (χ4v) is 18.4. The second kappa shape index (κ2) is 46.9. The summed E-state index contributed by atoms with van der Waals surface area (Å²) in [4.78, 5) is 6.99. The maximum Gasteiger partial charge on any atom is 0.515 e. The molecule has 2 saturated carbocycles. The standard InChI is InChI=1S/C58H123N3O17Si3/c1-14-30-52(15-2)59(46-79(71-16-3)72-17-4)35-55(62)41-67-49(11)38-65-44-58(70-40-51(13)69-43-57(64)37-61(54-33-28-25-29-34-54)48-81(76-21-8,77-22-9)78-23-10)45-66-39-50(12)68-42-56(63)36-60(53-31-26-24-27-32-53)47-80(73-18-5,74-19-6)75-20-7/h49-58,62-64,79H,14-48H2,1-13H3. The summed E-state index contributed by atoms with van der Waals surface area (Å²) >= 11 is 0. The van der Waals surface area contributed by atoms with E-state index in [-0.39, 0.29) is 71.2 Å². The molecule has 3 N–H and O–H groups in total. The van der Waals surface area contributed by atoms with E-state index in [1.807, 2.05) is 76.2 Å². The SMILES string of the molecule is CCCC(CC)N(CC(O)COC(C)COCC(COCC(C)OCC(O)CN(C[Si](OCC)(OCC)OCC)C1CCCCC1)OCC(C)OCC(O)CN(C[Si](OCC)(OCC)OCC)C1CCCCC1)C[SiH](OCC)OCC. The number of hydrogen-bond donors (Lipinski definition) is 3. The third-order valence-electron chi connectivity index (χ3n) is 14.8. The molecule has 2 aliphatic carbocycles. The molecule has 484 valence electrons. The van der Waals surface area contributed by atoms with Crippen LogP contribution in [0.15, 0.2) is 0 Å². The van der Waals surface area contributed by atoms with Gasteiger partial charge in [-0.25, -0.2) is 0 Å². The Morgan fingerprint density at radius 1 is 0.444 bits per heavy atom. The Labute approximate surface area is 497 Å². The highest BCUT2D eigenvalue weighted by molar-refractivity contribution is 6.61. The summed E-state index contributed by atoms with van der Waals surface area (Å²) in [6.07, 6.45) is 12.5. The van der Waals surface area contributed by atoms with E-state index in [9.17, 15) is 15.3 Å². The van der Waals surface area contributed by atoms with Gasteiger partial charge in [0.15, 0.2) is 0 Å². The van der Waals surface area contributed by atoms with Crippen LogP contribution in [-0.4, -0.2) is 262 Å². The molecule has 8 atom stereocenters. The van der Waals surface area contributed by atoms with E-state index in [1.54, 1.807) is 0 Å². The van der Waals surface area contributed by atoms with Crippen molar-refractivity contribution in [1.29, 1.82) is 0 Å². The van der Waals surface area contributed by atoms with Gasteiger partial charge in [0.2, 0.25) is 0 Å². The summed E-state index contributed by atoms with van der Waals surface area (Å²) in [5.74, 6) is 0. The van der Waals surface area contributed by atoms with Crippen LogP contribution in [-0.2, 0) is 63.8 Å². The monoisotopic (exact) mass is 1220 g/mol. The van der Waals surface area contributed by atoms with E-state index in [2.05, 4.69) is 28.5 Å². The molecule has 81 heavy (non-hydrogen) atoms. The number of ether oxygens (including phenoxy) is 6. The van der Waals surface area contributed by atoms with E-state index in [4.69, 9.17) is 63.8 Å². The maximum absolute atomic E-state index is 11.5. The molecular weight excluding hydrogens is 1090 g/mol. The molecule has 0 amide bonds. The van der Waals surface area contributed by atoms with Crippen molar-refractivity contribution in [1.82, 2.24) is 14.7 Å². The lowest BCUT2D eigenvalue weighted by Crippen LogP contribution is -2.59. The van der Waals surface area contributed by atoms with Crippen molar-refractivity contribution in [2.24, 2.45) is 0 Å². The Hall–Kier alpha value is -0.149. The van der Waals surface area contributed by atoms with Crippen LogP contribution in [0.5, 0.6) is 0 Å². The van der Waals surface area contributed by atoms with Gasteiger partial charge in [-0.1, -0.05) is 58.8 Å². The molecule has 0 bridgehead atoms. The van der Waals surface area contributed by atoms with Crippen LogP contribution in [0.25, 0.3) is 0 Å². The van der Waals surface area contributed by atoms with Crippen LogP contribution >= 0.6 is 0 Å². The van der Waals surface area contributed by atoms with Crippen molar-refractivity contribution < 1.29 is 79.1 Å². The lowest BCUT2D eigenvalue weighted by molar-refractivity contribution is -0.118. The van der Waals surface area contributed by atoms with Crippen molar-refractivity contribution in [3.63, 3.8) is 0 Å². The predicted octanol–water partition coefficient (Wildman–Crippen LogP) is 6.86. The van der Waals surface area contributed by atoms with Crippen molar-refractivity contribution in [3.05, 3.63) is 0 Å². The van der Waals surface area contributed by atoms with Gasteiger partial charge in [-0.05, 0) is 115 Å². The average Bonchev–Trinajstić information content (AvgIpc) is 3.45. The molecule has 8 unspecified atom stereocenters. The van der Waals surface area contributed by atoms with Gasteiger partial charge in [0.05, 0.1) is 102 Å². The van der Waals surface area contributed by atoms with Crippen LogP contribution in [0, 0.1) is 0 Å². The molecule has 23 heteroatoms. The van der Waals surface area contributed by atoms with Crippen molar-refractivity contribution >= 4 is 26.9 Å². The summed E-state index contributed by atoms with van der Waals surface area (Å²) in [6, 6.07) is 0.931. The van der Waals surface area contributed by atoms with Gasteiger partial charge in [0, 0.05) is 96.8 Å². The van der Waals surface area contributed by atoms with Crippen molar-refractivity contribution in [2.45, 2.75) is 234 Å². The lowest BCUT2D eigenvalue weighted by atomic mass is 9.94. The molecule has 0 aromatic carbocycles. The molecule has 0 aromatic rings. The zero-order chi connectivity index (χ0) is 59.7. The lowest BCUT2D eigenvalue weighted by Gasteiger charge is -2.40. The normalized spacial score (nSPS) is 18.5. The van der Waals surface area contributed by atoms with Crippen LogP contribution < -0.4 is 0 Å². The Morgan fingerprint density at radius 2 is 0.815 bits per heavy atom. The minimum absolute atomic E-state index is 0.128. The highest BCUT2D eigenvalue weighted by Gasteiger charge is 2.46. The van der Waals surface area contributed by atoms with E-state index >= 15 is 0 Å². The zero-order valence-corrected chi connectivity index (χ0v) is 56.7. The van der Waals surface area contributed by atoms with E-state index in [1.165, 1.54) is 12.8 Å². The molecular formula is C58H123N3O17Si3. The molecule has 0 saturated heterocycles. The quantitative estimate of drug-likeness (QED) is 0.0533. The van der Waals surface area contributed by atoms with Crippen molar-refractivity contribution in [3.8, 4) is 0 Å². The van der Waals surface area contributed by atoms with Crippen LogP contribution in [0.2, 0.25) is 0 Å². The van der Waals surface area contributed by atoms with Gasteiger partial charge in [0.25, 0.3) is 0 Å². The predicted molar refractivity (Wildman–Crippen MR) is 325 cm³/mol. The van der Waals surface area contributed by atoms with Crippen LogP contribution in [0.3, 0.4) is 0 Å². The number of nitrogens with zero attached hydrogens (tertiary/aromatic N) is 3. The largest absolute Gasteiger partial charge is 0.515 e. The van der Waals surface area contributed by atoms with E-state index in [0.717, 1.165) is 70.6 Å². The second-order valence-corrected chi connectivity index (χ2v) is 29.0. The molecule has 0 heterocycles. The molecule has 2 fully saturated rings. The fraction of sp³-hybridized carbons (Fsp3) is 1.00. The number of aliphatic hydroxyl groups excluding tert-OH is 3. The van der Waals surface area contributed by atoms with Gasteiger partial charge in [-0.15, -0.1) is 0 Å². The first kappa shape index (κ1) is 76.9. The molecule has 0 aliphatic heterocycles. The van der Waals surface area contributed by atoms with Gasteiger partial charge < -0.3 is 79.1 Å². The van der Waals surface area contributed by atoms with Gasteiger partial charge in [-0.3, -0.25) is 14.7 Å². The minimum Gasteiger partial charge on any atom is -0.396 e. The Balaban J connectivity index is 2.12. The maximum atomic E-state index is 11.5. The highest BCUT2D eigenvalue weighted by atomic mass is 28.4. The Morgan fingerprint density at radius 3 is 1.16 bits per heavy atom. The third kappa shape index (κ3) is 33.1. The van der Waals surface area contributed by atoms with E-state index < -0.39 is 51.3 Å². The third-order valence-corrected chi connectivity index (χ3v) is 22.9. The summed E-state index contributed by atoms with van der Waals surface area (Å²) in [5.41, 5.74) is 0. The summed E-state index contributed by atoms with van der Waals surface area (Å²) in [6.45, 7) is 33.2. The van der Waals surface area contributed by atoms with Crippen LogP contribution in [0.1, 0.15) is 173 Å². The first-order chi connectivity index (χ1) is 39.1. The molecule has 20 nitrogen and oxygen atoms in total. The Bertz CT molecular complexity index is 1420. The average molecular weight is 1220 g/mol. The molecule has 0 spiro atoms. The fourth-order valence-electron chi connectivity index (χ4n) is 11.1. The van der Waals surface area contributed by atoms with Crippen molar-refractivity contribution in [2.75, 3.05) is 144 Å². The summed E-state index contributed by atoms with van der Waals surface area (Å²) in [7, 11) is -7.95. The molecule has 0 radical (unpaired) electrons. The zero-order valence-electron chi connectivity index (χ0n) is 53.5. The highest BCUT2D eigenvalue weighted by Crippen LogP contribution is 2.27. The summed E-state index contributed by atoms with van der Waals surface area (Å²) < 4.78 is 87.1. The second-order valence-electron chi connectivity index (χ2n) is 22.0. The van der Waals surface area contributed by atoms with Gasteiger partial charge >= 0.3 is 26.9 Å². The Kier molecular flexibility index (Phi) is 44.6. The first-order valence-corrected chi connectivity index (χ1v) is 37.7. The smallest absolute Gasteiger partial charge is 0.396 e. The minimum atomic E-state index is -3.02. The first-order valence-electron chi connectivity index (χ1n) is 32.1. The van der Waals surface area contributed by atoms with Crippen LogP contribution in [0.4, 0.5) is 0 Å². The number of hydrogen-bond acceptors (Lipinski definition) is 20. The molecule has 2 rings (SSSR count). The van der Waals surface area contributed by atoms with E-state index in [0.29, 0.717) is 109 Å². The number of rotatable bonds is 54. The molecule has 0 aromatic heterocycles. The van der Waals surface area contributed by atoms with Gasteiger partial charge in [-0.2, -0.15) is 0 Å². The summed E-state index contributed by atoms with van der Waals surface area (Å²) in [5, 5.41) is 34.2. The number of aliphatic hydroxyl groups is 3. The van der Waals surface area contributed by atoms with Gasteiger partial charge in [0.1, 0.15) is 6.10 Å².